The maximum Gasteiger partial charge on any atom is 0.227 e. The third kappa shape index (κ3) is 4.63. The van der Waals surface area contributed by atoms with E-state index in [0.29, 0.717) is 0 Å². The SMILES string of the molecule is CNC(=O)C(C)(C)CNC(=O)CC(N)=NO. The second-order valence-electron chi connectivity index (χ2n) is 4.01. The minimum Gasteiger partial charge on any atom is -0.409 e. The molecule has 7 heteroatoms. The number of nitrogens with two attached hydrogens (primary N) is 1. The second-order valence-corrected chi connectivity index (χ2v) is 4.01. The van der Waals surface area contributed by atoms with Crippen LogP contribution >= 0.6 is 0 Å². The predicted molar refractivity (Wildman–Crippen MR) is 58.9 cm³/mol. The summed E-state index contributed by atoms with van der Waals surface area (Å²) in [4.78, 5) is 22.6. The van der Waals surface area contributed by atoms with Crippen molar-refractivity contribution < 1.29 is 14.8 Å². The Morgan fingerprint density at radius 2 is 2.00 bits per heavy atom. The van der Waals surface area contributed by atoms with Crippen LogP contribution in [0.1, 0.15) is 20.3 Å². The average molecular weight is 230 g/mol. The van der Waals surface area contributed by atoms with Crippen LogP contribution in [-0.2, 0) is 9.59 Å². The summed E-state index contributed by atoms with van der Waals surface area (Å²) >= 11 is 0. The van der Waals surface area contributed by atoms with Gasteiger partial charge in [-0.05, 0) is 13.8 Å². The van der Waals surface area contributed by atoms with E-state index in [4.69, 9.17) is 10.9 Å². The number of carbonyl (C=O) groups excluding carboxylic acids is 2. The number of hydrogen-bond donors (Lipinski definition) is 4. The normalized spacial score (nSPS) is 12.1. The first-order chi connectivity index (χ1) is 7.33. The van der Waals surface area contributed by atoms with Crippen LogP contribution < -0.4 is 16.4 Å². The number of nitrogens with zero attached hydrogens (tertiary/aromatic N) is 1. The van der Waals surface area contributed by atoms with E-state index in [0.717, 1.165) is 0 Å². The molecule has 0 heterocycles. The summed E-state index contributed by atoms with van der Waals surface area (Å²) in [5.74, 6) is -0.737. The van der Waals surface area contributed by atoms with Gasteiger partial charge in [0.15, 0.2) is 0 Å². The Morgan fingerprint density at radius 3 is 2.44 bits per heavy atom. The molecule has 0 aliphatic carbocycles. The topological polar surface area (TPSA) is 117 Å². The summed E-state index contributed by atoms with van der Waals surface area (Å²) in [5.41, 5.74) is 4.46. The van der Waals surface area contributed by atoms with Crippen LogP contribution in [-0.4, -0.2) is 36.4 Å². The molecule has 0 saturated carbocycles. The van der Waals surface area contributed by atoms with Crippen LogP contribution in [0.2, 0.25) is 0 Å². The zero-order chi connectivity index (χ0) is 12.8. The van der Waals surface area contributed by atoms with Crippen LogP contribution in [0.4, 0.5) is 0 Å². The first-order valence-electron chi connectivity index (χ1n) is 4.78. The van der Waals surface area contributed by atoms with Crippen molar-refractivity contribution in [1.29, 1.82) is 0 Å². The molecule has 0 atom stereocenters. The largest absolute Gasteiger partial charge is 0.409 e. The Bertz CT molecular complexity index is 299. The zero-order valence-electron chi connectivity index (χ0n) is 9.70. The summed E-state index contributed by atoms with van der Waals surface area (Å²) in [6, 6.07) is 0. The molecule has 5 N–H and O–H groups in total. The number of carbonyl (C=O) groups is 2. The molecule has 0 saturated heterocycles. The fraction of sp³-hybridized carbons (Fsp3) is 0.667. The summed E-state index contributed by atoms with van der Waals surface area (Å²) in [7, 11) is 1.53. The Kier molecular flexibility index (Phi) is 5.27. The Balaban J connectivity index is 4.15. The lowest BCUT2D eigenvalue weighted by Gasteiger charge is -2.22. The van der Waals surface area contributed by atoms with Gasteiger partial charge in [-0.3, -0.25) is 9.59 Å². The molecule has 0 aromatic rings. The average Bonchev–Trinajstić information content (AvgIpc) is 2.25. The van der Waals surface area contributed by atoms with Crippen LogP contribution in [0.5, 0.6) is 0 Å². The van der Waals surface area contributed by atoms with Crippen molar-refractivity contribution in [2.75, 3.05) is 13.6 Å². The standard InChI is InChI=1S/C9H18N4O3/c1-9(2,8(15)11-3)5-12-7(14)4-6(10)13-16/h16H,4-5H2,1-3H3,(H2,10,13)(H,11,15)(H,12,14). The Morgan fingerprint density at radius 1 is 1.44 bits per heavy atom. The lowest BCUT2D eigenvalue weighted by Crippen LogP contribution is -2.44. The van der Waals surface area contributed by atoms with Crippen LogP contribution in [0.15, 0.2) is 5.16 Å². The molecule has 0 unspecified atom stereocenters. The molecular weight excluding hydrogens is 212 g/mol. The molecule has 2 amide bonds. The highest BCUT2D eigenvalue weighted by Gasteiger charge is 2.26. The van der Waals surface area contributed by atoms with Gasteiger partial charge in [-0.15, -0.1) is 0 Å². The fourth-order valence-corrected chi connectivity index (χ4v) is 1.00. The van der Waals surface area contributed by atoms with Gasteiger partial charge in [-0.25, -0.2) is 0 Å². The van der Waals surface area contributed by atoms with E-state index in [1.807, 2.05) is 0 Å². The Hall–Kier alpha value is -1.79. The van der Waals surface area contributed by atoms with E-state index in [9.17, 15) is 9.59 Å². The van der Waals surface area contributed by atoms with Gasteiger partial charge < -0.3 is 21.6 Å². The fourth-order valence-electron chi connectivity index (χ4n) is 1.00. The third-order valence-electron chi connectivity index (χ3n) is 2.04. The van der Waals surface area contributed by atoms with Gasteiger partial charge >= 0.3 is 0 Å². The van der Waals surface area contributed by atoms with Crippen molar-refractivity contribution in [1.82, 2.24) is 10.6 Å². The van der Waals surface area contributed by atoms with Crippen LogP contribution in [0.3, 0.4) is 0 Å². The smallest absolute Gasteiger partial charge is 0.227 e. The van der Waals surface area contributed by atoms with Crippen molar-refractivity contribution in [3.8, 4) is 0 Å². The van der Waals surface area contributed by atoms with Gasteiger partial charge in [-0.2, -0.15) is 0 Å². The molecule has 0 aliphatic heterocycles. The molecule has 0 radical (unpaired) electrons. The highest BCUT2D eigenvalue weighted by Crippen LogP contribution is 2.12. The van der Waals surface area contributed by atoms with Gasteiger partial charge in [-0.1, -0.05) is 5.16 Å². The second kappa shape index (κ2) is 5.94. The van der Waals surface area contributed by atoms with Crippen molar-refractivity contribution in [2.24, 2.45) is 16.3 Å². The number of amides is 2. The number of rotatable bonds is 5. The van der Waals surface area contributed by atoms with Gasteiger partial charge in [0, 0.05) is 13.6 Å². The summed E-state index contributed by atoms with van der Waals surface area (Å²) in [6.45, 7) is 3.59. The molecule has 0 bridgehead atoms. The monoisotopic (exact) mass is 230 g/mol. The lowest BCUT2D eigenvalue weighted by atomic mass is 9.92. The minimum atomic E-state index is -0.699. The molecule has 0 rings (SSSR count). The number of hydrogen-bond acceptors (Lipinski definition) is 4. The number of amidine groups is 1. The van der Waals surface area contributed by atoms with Crippen molar-refractivity contribution in [3.05, 3.63) is 0 Å². The van der Waals surface area contributed by atoms with Gasteiger partial charge in [0.1, 0.15) is 5.84 Å². The molecule has 7 nitrogen and oxygen atoms in total. The van der Waals surface area contributed by atoms with E-state index in [1.54, 1.807) is 13.8 Å². The van der Waals surface area contributed by atoms with E-state index in [2.05, 4.69) is 15.8 Å². The third-order valence-corrected chi connectivity index (χ3v) is 2.04. The van der Waals surface area contributed by atoms with Gasteiger partial charge in [0.05, 0.1) is 11.8 Å². The highest BCUT2D eigenvalue weighted by atomic mass is 16.4. The molecule has 0 aromatic carbocycles. The summed E-state index contributed by atoms with van der Waals surface area (Å²) < 4.78 is 0. The molecule has 92 valence electrons. The first kappa shape index (κ1) is 14.2. The lowest BCUT2D eigenvalue weighted by molar-refractivity contribution is -0.129. The van der Waals surface area contributed by atoms with E-state index < -0.39 is 11.3 Å². The maximum absolute atomic E-state index is 11.4. The number of oxime groups is 1. The molecular formula is C9H18N4O3. The van der Waals surface area contributed by atoms with Crippen molar-refractivity contribution in [3.63, 3.8) is 0 Å². The first-order valence-corrected chi connectivity index (χ1v) is 4.78. The molecule has 0 spiro atoms. The molecule has 0 aromatic heterocycles. The van der Waals surface area contributed by atoms with Gasteiger partial charge in [0.25, 0.3) is 0 Å². The quantitative estimate of drug-likeness (QED) is 0.210. The summed E-state index contributed by atoms with van der Waals surface area (Å²) in [6.07, 6.45) is -0.194. The molecule has 0 fully saturated rings. The summed E-state index contributed by atoms with van der Waals surface area (Å²) in [5, 5.41) is 16.0. The van der Waals surface area contributed by atoms with E-state index >= 15 is 0 Å². The van der Waals surface area contributed by atoms with Crippen molar-refractivity contribution in [2.45, 2.75) is 20.3 Å². The number of nitrogens with one attached hydrogen (secondary N) is 2. The highest BCUT2D eigenvalue weighted by molar-refractivity contribution is 5.98. The zero-order valence-corrected chi connectivity index (χ0v) is 9.70. The molecule has 0 aliphatic rings. The molecule has 16 heavy (non-hydrogen) atoms. The minimum absolute atomic E-state index is 0.170. The van der Waals surface area contributed by atoms with Gasteiger partial charge in [0.2, 0.25) is 11.8 Å². The van der Waals surface area contributed by atoms with E-state index in [1.165, 1.54) is 7.05 Å². The van der Waals surface area contributed by atoms with E-state index in [-0.39, 0.29) is 24.7 Å². The van der Waals surface area contributed by atoms with Crippen LogP contribution in [0, 0.1) is 5.41 Å². The predicted octanol–water partition coefficient (Wildman–Crippen LogP) is -0.989. The van der Waals surface area contributed by atoms with Crippen molar-refractivity contribution >= 4 is 17.6 Å². The Labute approximate surface area is 94.1 Å². The van der Waals surface area contributed by atoms with Crippen LogP contribution in [0.25, 0.3) is 0 Å². The maximum atomic E-state index is 11.4.